The summed E-state index contributed by atoms with van der Waals surface area (Å²) >= 11 is 9.64. The Kier molecular flexibility index (Phi) is 2.76. The SMILES string of the molecule is CC(C)(C1CC1)N1Cc2cc(Br)cc(Cl)c2C1=O. The van der Waals surface area contributed by atoms with Crippen LogP contribution in [0, 0.1) is 5.92 Å². The molecule has 1 amide bonds. The van der Waals surface area contributed by atoms with Crippen LogP contribution in [0.15, 0.2) is 16.6 Å². The van der Waals surface area contributed by atoms with Crippen molar-refractivity contribution in [1.29, 1.82) is 0 Å². The summed E-state index contributed by atoms with van der Waals surface area (Å²) in [6.45, 7) is 5.01. The molecule has 1 aliphatic heterocycles. The molecule has 0 saturated heterocycles. The van der Waals surface area contributed by atoms with E-state index in [1.54, 1.807) is 6.07 Å². The molecule has 3 rings (SSSR count). The predicted molar refractivity (Wildman–Crippen MR) is 75.8 cm³/mol. The molecule has 1 saturated carbocycles. The summed E-state index contributed by atoms with van der Waals surface area (Å²) < 4.78 is 0.935. The van der Waals surface area contributed by atoms with Crippen LogP contribution in [-0.4, -0.2) is 16.3 Å². The smallest absolute Gasteiger partial charge is 0.256 e. The molecule has 0 unspecified atom stereocenters. The van der Waals surface area contributed by atoms with E-state index in [4.69, 9.17) is 11.6 Å². The molecular weight excluding hydrogens is 314 g/mol. The molecule has 1 aromatic carbocycles. The fourth-order valence-electron chi connectivity index (χ4n) is 2.84. The molecule has 96 valence electrons. The van der Waals surface area contributed by atoms with Gasteiger partial charge in [0.2, 0.25) is 0 Å². The van der Waals surface area contributed by atoms with Crippen LogP contribution >= 0.6 is 27.5 Å². The molecule has 0 atom stereocenters. The van der Waals surface area contributed by atoms with Crippen molar-refractivity contribution in [1.82, 2.24) is 4.90 Å². The lowest BCUT2D eigenvalue weighted by Gasteiger charge is -2.36. The number of hydrogen-bond donors (Lipinski definition) is 0. The van der Waals surface area contributed by atoms with Crippen molar-refractivity contribution in [2.24, 2.45) is 5.92 Å². The Bertz CT molecular complexity index is 537. The van der Waals surface area contributed by atoms with Gasteiger partial charge in [0.15, 0.2) is 0 Å². The molecule has 18 heavy (non-hydrogen) atoms. The summed E-state index contributed by atoms with van der Waals surface area (Å²) in [5.41, 5.74) is 1.66. The number of hydrogen-bond acceptors (Lipinski definition) is 1. The average molecular weight is 329 g/mol. The van der Waals surface area contributed by atoms with Gasteiger partial charge in [0, 0.05) is 16.6 Å². The van der Waals surface area contributed by atoms with Crippen molar-refractivity contribution >= 4 is 33.4 Å². The highest BCUT2D eigenvalue weighted by molar-refractivity contribution is 9.10. The summed E-state index contributed by atoms with van der Waals surface area (Å²) in [5, 5.41) is 0.554. The summed E-state index contributed by atoms with van der Waals surface area (Å²) in [4.78, 5) is 14.5. The van der Waals surface area contributed by atoms with E-state index in [0.717, 1.165) is 10.0 Å². The fourth-order valence-corrected chi connectivity index (χ4v) is 3.80. The van der Waals surface area contributed by atoms with Crippen LogP contribution < -0.4 is 0 Å². The van der Waals surface area contributed by atoms with Gasteiger partial charge in [-0.25, -0.2) is 0 Å². The third kappa shape index (κ3) is 1.79. The van der Waals surface area contributed by atoms with Crippen LogP contribution in [0.3, 0.4) is 0 Å². The largest absolute Gasteiger partial charge is 0.329 e. The van der Waals surface area contributed by atoms with Crippen molar-refractivity contribution in [2.75, 3.05) is 0 Å². The van der Waals surface area contributed by atoms with Gasteiger partial charge in [0.1, 0.15) is 0 Å². The van der Waals surface area contributed by atoms with Gasteiger partial charge in [0.25, 0.3) is 5.91 Å². The second-order valence-corrected chi connectivity index (χ2v) is 7.06. The summed E-state index contributed by atoms with van der Waals surface area (Å²) in [6.07, 6.45) is 2.45. The van der Waals surface area contributed by atoms with Gasteiger partial charge in [-0.15, -0.1) is 0 Å². The zero-order valence-corrected chi connectivity index (χ0v) is 12.8. The van der Waals surface area contributed by atoms with E-state index in [0.29, 0.717) is 23.0 Å². The Morgan fingerprint density at radius 2 is 2.06 bits per heavy atom. The Morgan fingerprint density at radius 1 is 1.39 bits per heavy atom. The van der Waals surface area contributed by atoms with E-state index in [1.165, 1.54) is 12.8 Å². The number of halogens is 2. The van der Waals surface area contributed by atoms with Crippen LogP contribution in [0.25, 0.3) is 0 Å². The summed E-state index contributed by atoms with van der Waals surface area (Å²) in [6, 6.07) is 3.80. The van der Waals surface area contributed by atoms with Crippen LogP contribution in [0.5, 0.6) is 0 Å². The monoisotopic (exact) mass is 327 g/mol. The third-order valence-corrected chi connectivity index (χ3v) is 4.95. The van der Waals surface area contributed by atoms with E-state index in [9.17, 15) is 4.79 Å². The number of amides is 1. The van der Waals surface area contributed by atoms with Gasteiger partial charge < -0.3 is 4.90 Å². The standard InChI is InChI=1S/C14H15BrClNO/c1-14(2,9-3-4-9)17-7-8-5-10(15)6-11(16)12(8)13(17)18/h5-6,9H,3-4,7H2,1-2H3. The van der Waals surface area contributed by atoms with Gasteiger partial charge in [-0.2, -0.15) is 0 Å². The number of rotatable bonds is 2. The lowest BCUT2D eigenvalue weighted by Crippen LogP contribution is -2.45. The molecule has 0 bridgehead atoms. The topological polar surface area (TPSA) is 20.3 Å². The molecule has 1 fully saturated rings. The minimum atomic E-state index is -0.0636. The van der Waals surface area contributed by atoms with Crippen LogP contribution in [-0.2, 0) is 6.54 Å². The molecule has 1 aromatic rings. The number of carbonyl (C=O) groups excluding carboxylic acids is 1. The van der Waals surface area contributed by atoms with E-state index < -0.39 is 0 Å². The van der Waals surface area contributed by atoms with Crippen LogP contribution in [0.4, 0.5) is 0 Å². The van der Waals surface area contributed by atoms with Crippen LogP contribution in [0.1, 0.15) is 42.6 Å². The summed E-state index contributed by atoms with van der Waals surface area (Å²) in [7, 11) is 0. The van der Waals surface area contributed by atoms with Gasteiger partial charge in [-0.05, 0) is 50.3 Å². The van der Waals surface area contributed by atoms with Crippen molar-refractivity contribution in [3.63, 3.8) is 0 Å². The quantitative estimate of drug-likeness (QED) is 0.795. The van der Waals surface area contributed by atoms with Crippen molar-refractivity contribution in [3.05, 3.63) is 32.8 Å². The minimum Gasteiger partial charge on any atom is -0.329 e. The molecule has 2 aliphatic rings. The molecule has 0 N–H and O–H groups in total. The molecular formula is C14H15BrClNO. The highest BCUT2D eigenvalue weighted by Crippen LogP contribution is 2.46. The Balaban J connectivity index is 2.01. The van der Waals surface area contributed by atoms with Gasteiger partial charge in [-0.3, -0.25) is 4.79 Å². The Morgan fingerprint density at radius 3 is 2.67 bits per heavy atom. The molecule has 2 nitrogen and oxygen atoms in total. The number of nitrogens with zero attached hydrogens (tertiary/aromatic N) is 1. The third-order valence-electron chi connectivity index (χ3n) is 4.20. The van der Waals surface area contributed by atoms with Crippen molar-refractivity contribution in [3.8, 4) is 0 Å². The molecule has 4 heteroatoms. The molecule has 0 radical (unpaired) electrons. The maximum Gasteiger partial charge on any atom is 0.256 e. The van der Waals surface area contributed by atoms with E-state index >= 15 is 0 Å². The zero-order valence-electron chi connectivity index (χ0n) is 10.5. The first-order valence-corrected chi connectivity index (χ1v) is 7.38. The average Bonchev–Trinajstić information content (AvgIpc) is 3.04. The van der Waals surface area contributed by atoms with E-state index in [2.05, 4.69) is 29.8 Å². The number of fused-ring (bicyclic) bond motifs is 1. The lowest BCUT2D eigenvalue weighted by molar-refractivity contribution is 0.0524. The normalized spacial score (nSPS) is 19.3. The van der Waals surface area contributed by atoms with Crippen molar-refractivity contribution < 1.29 is 4.79 Å². The maximum absolute atomic E-state index is 12.5. The Hall–Kier alpha value is -0.540. The lowest BCUT2D eigenvalue weighted by atomic mass is 9.96. The number of benzene rings is 1. The highest BCUT2D eigenvalue weighted by Gasteiger charge is 2.47. The molecule has 0 spiro atoms. The second kappa shape index (κ2) is 3.97. The highest BCUT2D eigenvalue weighted by atomic mass is 79.9. The van der Waals surface area contributed by atoms with Gasteiger partial charge in [-0.1, -0.05) is 27.5 Å². The first kappa shape index (κ1) is 12.5. The zero-order chi connectivity index (χ0) is 13.1. The predicted octanol–water partition coefficient (Wildman–Crippen LogP) is 4.25. The van der Waals surface area contributed by atoms with Gasteiger partial charge in [0.05, 0.1) is 10.6 Å². The van der Waals surface area contributed by atoms with Crippen LogP contribution in [0.2, 0.25) is 5.02 Å². The minimum absolute atomic E-state index is 0.0636. The first-order chi connectivity index (χ1) is 8.41. The maximum atomic E-state index is 12.5. The summed E-state index contributed by atoms with van der Waals surface area (Å²) in [5.74, 6) is 0.720. The molecule has 1 aliphatic carbocycles. The van der Waals surface area contributed by atoms with E-state index in [-0.39, 0.29) is 11.4 Å². The van der Waals surface area contributed by atoms with Crippen molar-refractivity contribution in [2.45, 2.75) is 38.8 Å². The Labute approximate surface area is 120 Å². The van der Waals surface area contributed by atoms with Gasteiger partial charge >= 0.3 is 0 Å². The second-order valence-electron chi connectivity index (χ2n) is 5.74. The fraction of sp³-hybridized carbons (Fsp3) is 0.500. The molecule has 0 aromatic heterocycles. The number of carbonyl (C=O) groups is 1. The molecule has 1 heterocycles. The first-order valence-electron chi connectivity index (χ1n) is 6.21. The van der Waals surface area contributed by atoms with E-state index in [1.807, 2.05) is 11.0 Å².